The molecule has 0 aromatic heterocycles. The van der Waals surface area contributed by atoms with Crippen molar-refractivity contribution in [2.24, 2.45) is 5.10 Å². The fourth-order valence-electron chi connectivity index (χ4n) is 2.47. The number of nitro benzene ring substituents is 1. The molecule has 0 saturated heterocycles. The summed E-state index contributed by atoms with van der Waals surface area (Å²) < 4.78 is 0. The highest BCUT2D eigenvalue weighted by atomic mass is 16.6. The van der Waals surface area contributed by atoms with Gasteiger partial charge in [-0.15, -0.1) is 0 Å². The Balaban J connectivity index is 1.63. The molecular weight excluding hydrogens is 346 g/mol. The van der Waals surface area contributed by atoms with Crippen molar-refractivity contribution in [3.63, 3.8) is 0 Å². The Morgan fingerprint density at radius 1 is 1.07 bits per heavy atom. The average Bonchev–Trinajstić information content (AvgIpc) is 2.67. The monoisotopic (exact) mass is 361 g/mol. The molecule has 0 saturated carbocycles. The summed E-state index contributed by atoms with van der Waals surface area (Å²) in [5.74, 6) is -0.652. The number of non-ortho nitro benzene ring substituents is 1. The van der Waals surface area contributed by atoms with E-state index in [2.05, 4.69) is 10.5 Å². The number of hydrogen-bond donors (Lipinski definition) is 2. The van der Waals surface area contributed by atoms with Gasteiger partial charge in [0.25, 0.3) is 11.6 Å². The molecule has 0 aliphatic heterocycles. The van der Waals surface area contributed by atoms with Gasteiger partial charge in [0.05, 0.1) is 10.5 Å². The van der Waals surface area contributed by atoms with Gasteiger partial charge in [-0.1, -0.05) is 30.3 Å². The second kappa shape index (κ2) is 7.92. The molecule has 3 rings (SSSR count). The molecule has 1 amide bonds. The third-order valence-electron chi connectivity index (χ3n) is 3.83. The van der Waals surface area contributed by atoms with Crippen molar-refractivity contribution >= 4 is 34.7 Å². The molecule has 0 fully saturated rings. The zero-order chi connectivity index (χ0) is 19.2. The lowest BCUT2D eigenvalue weighted by Crippen LogP contribution is -2.17. The molecule has 0 heterocycles. The van der Waals surface area contributed by atoms with Crippen LogP contribution in [-0.4, -0.2) is 22.2 Å². The molecule has 134 valence electrons. The van der Waals surface area contributed by atoms with E-state index in [4.69, 9.17) is 0 Å². The quantitative estimate of drug-likeness (QED) is 0.409. The van der Waals surface area contributed by atoms with Crippen molar-refractivity contribution in [3.05, 3.63) is 88.0 Å². The number of nitro groups is 1. The van der Waals surface area contributed by atoms with Gasteiger partial charge < -0.3 is 5.11 Å². The number of allylic oxidation sites excluding steroid dienone is 1. The van der Waals surface area contributed by atoms with E-state index >= 15 is 0 Å². The van der Waals surface area contributed by atoms with E-state index in [9.17, 15) is 20.0 Å². The summed E-state index contributed by atoms with van der Waals surface area (Å²) in [4.78, 5) is 22.3. The Labute approximate surface area is 154 Å². The van der Waals surface area contributed by atoms with Gasteiger partial charge in [0, 0.05) is 18.3 Å². The topological polar surface area (TPSA) is 105 Å². The van der Waals surface area contributed by atoms with E-state index in [-0.39, 0.29) is 17.0 Å². The van der Waals surface area contributed by atoms with E-state index in [0.29, 0.717) is 0 Å². The number of nitrogens with zero attached hydrogens (tertiary/aromatic N) is 2. The second-order valence-electron chi connectivity index (χ2n) is 5.64. The van der Waals surface area contributed by atoms with Crippen LogP contribution in [0.15, 0.2) is 71.8 Å². The number of carbonyl (C=O) groups excluding carboxylic acids is 1. The Bertz CT molecular complexity index is 1060. The summed E-state index contributed by atoms with van der Waals surface area (Å²) in [7, 11) is 0. The van der Waals surface area contributed by atoms with Gasteiger partial charge >= 0.3 is 0 Å². The molecular formula is C20H15N3O4. The van der Waals surface area contributed by atoms with Crippen molar-refractivity contribution in [1.29, 1.82) is 0 Å². The number of carbonyl (C=O) groups is 1. The molecule has 0 spiro atoms. The number of phenolic OH excluding ortho intramolecular Hbond substituents is 1. The zero-order valence-corrected chi connectivity index (χ0v) is 14.1. The molecule has 0 bridgehead atoms. The summed E-state index contributed by atoms with van der Waals surface area (Å²) in [6.07, 6.45) is 4.64. The predicted molar refractivity (Wildman–Crippen MR) is 104 cm³/mol. The largest absolute Gasteiger partial charge is 0.507 e. The molecule has 7 nitrogen and oxygen atoms in total. The second-order valence-corrected chi connectivity index (χ2v) is 5.64. The lowest BCUT2D eigenvalue weighted by atomic mass is 10.1. The average molecular weight is 361 g/mol. The Hall–Kier alpha value is -4.00. The molecule has 7 heteroatoms. The summed E-state index contributed by atoms with van der Waals surface area (Å²) in [5.41, 5.74) is 3.25. The Kier molecular flexibility index (Phi) is 5.22. The lowest BCUT2D eigenvalue weighted by Gasteiger charge is -2.05. The first-order valence-corrected chi connectivity index (χ1v) is 8.01. The van der Waals surface area contributed by atoms with Gasteiger partial charge in [0.1, 0.15) is 5.75 Å². The lowest BCUT2D eigenvalue weighted by molar-refractivity contribution is -0.384. The first-order valence-electron chi connectivity index (χ1n) is 8.01. The minimum atomic E-state index is -0.529. The number of hydrazone groups is 1. The molecule has 3 aromatic rings. The van der Waals surface area contributed by atoms with Crippen LogP contribution in [-0.2, 0) is 0 Å². The van der Waals surface area contributed by atoms with Crippen LogP contribution in [0.25, 0.3) is 16.8 Å². The normalized spacial score (nSPS) is 11.3. The maximum Gasteiger partial charge on any atom is 0.275 e. The van der Waals surface area contributed by atoms with Gasteiger partial charge in [0.15, 0.2) is 0 Å². The van der Waals surface area contributed by atoms with Crippen molar-refractivity contribution in [3.8, 4) is 5.75 Å². The minimum absolute atomic E-state index is 0.0169. The van der Waals surface area contributed by atoms with Crippen molar-refractivity contribution in [2.75, 3.05) is 0 Å². The maximum atomic E-state index is 12.2. The summed E-state index contributed by atoms with van der Waals surface area (Å²) in [6.45, 7) is 0. The van der Waals surface area contributed by atoms with Gasteiger partial charge in [-0.05, 0) is 46.7 Å². The number of aromatic hydroxyl groups is 1. The smallest absolute Gasteiger partial charge is 0.275 e. The van der Waals surface area contributed by atoms with Crippen LogP contribution in [0.1, 0.15) is 15.9 Å². The van der Waals surface area contributed by atoms with Crippen LogP contribution < -0.4 is 5.43 Å². The van der Waals surface area contributed by atoms with Gasteiger partial charge in [-0.3, -0.25) is 14.9 Å². The number of phenols is 1. The third-order valence-corrected chi connectivity index (χ3v) is 3.83. The van der Waals surface area contributed by atoms with Crippen LogP contribution in [0.5, 0.6) is 5.75 Å². The first-order chi connectivity index (χ1) is 13.0. The summed E-state index contributed by atoms with van der Waals surface area (Å²) >= 11 is 0. The van der Waals surface area contributed by atoms with Crippen LogP contribution >= 0.6 is 0 Å². The van der Waals surface area contributed by atoms with Crippen molar-refractivity contribution in [1.82, 2.24) is 5.43 Å². The van der Waals surface area contributed by atoms with E-state index in [1.54, 1.807) is 30.4 Å². The van der Waals surface area contributed by atoms with Gasteiger partial charge in [-0.2, -0.15) is 5.10 Å². The predicted octanol–water partition coefficient (Wildman–Crippen LogP) is 3.88. The van der Waals surface area contributed by atoms with Gasteiger partial charge in [-0.25, -0.2) is 5.43 Å². The van der Waals surface area contributed by atoms with Crippen LogP contribution in [0.4, 0.5) is 5.69 Å². The Morgan fingerprint density at radius 2 is 1.74 bits per heavy atom. The van der Waals surface area contributed by atoms with Crippen molar-refractivity contribution < 1.29 is 14.8 Å². The molecule has 27 heavy (non-hydrogen) atoms. The van der Waals surface area contributed by atoms with E-state index in [0.717, 1.165) is 16.3 Å². The minimum Gasteiger partial charge on any atom is -0.507 e. The molecule has 0 unspecified atom stereocenters. The fourth-order valence-corrected chi connectivity index (χ4v) is 2.47. The molecule has 0 atom stereocenters. The Morgan fingerprint density at radius 3 is 2.41 bits per heavy atom. The number of benzene rings is 3. The van der Waals surface area contributed by atoms with E-state index in [1.165, 1.54) is 24.4 Å². The van der Waals surface area contributed by atoms with Crippen LogP contribution in [0.2, 0.25) is 0 Å². The number of amides is 1. The van der Waals surface area contributed by atoms with E-state index in [1.807, 2.05) is 24.3 Å². The standard InChI is InChI=1S/C20H15N3O4/c24-19-13-16-6-2-1-5-15(16)12-18(19)20(25)22-21-11-3-4-14-7-9-17(10-8-14)23(26)27/h1-13,24H,(H,22,25). The van der Waals surface area contributed by atoms with Crippen LogP contribution in [0, 0.1) is 10.1 Å². The zero-order valence-electron chi connectivity index (χ0n) is 14.1. The molecule has 0 aliphatic carbocycles. The number of rotatable bonds is 5. The fraction of sp³-hybridized carbons (Fsp3) is 0. The molecule has 0 aliphatic rings. The number of fused-ring (bicyclic) bond motifs is 1. The summed E-state index contributed by atoms with van der Waals surface area (Å²) in [5, 5.41) is 26.1. The highest BCUT2D eigenvalue weighted by Gasteiger charge is 2.11. The molecule has 3 aromatic carbocycles. The highest BCUT2D eigenvalue weighted by molar-refractivity contribution is 6.01. The SMILES string of the molecule is O=C(NN=CC=Cc1ccc([N+](=O)[O-])cc1)c1cc2ccccc2cc1O. The van der Waals surface area contributed by atoms with Crippen molar-refractivity contribution in [2.45, 2.75) is 0 Å². The first kappa shape index (κ1) is 17.8. The molecule has 2 N–H and O–H groups in total. The number of nitrogens with one attached hydrogen (secondary N) is 1. The third kappa shape index (κ3) is 4.35. The maximum absolute atomic E-state index is 12.2. The van der Waals surface area contributed by atoms with Gasteiger partial charge in [0.2, 0.25) is 0 Å². The summed E-state index contributed by atoms with van der Waals surface area (Å²) in [6, 6.07) is 16.5. The highest BCUT2D eigenvalue weighted by Crippen LogP contribution is 2.24. The van der Waals surface area contributed by atoms with E-state index < -0.39 is 10.8 Å². The van der Waals surface area contributed by atoms with Crippen LogP contribution in [0.3, 0.4) is 0 Å². The number of hydrogen-bond acceptors (Lipinski definition) is 5. The molecule has 0 radical (unpaired) electrons.